The molecule has 5 heteroatoms. The van der Waals surface area contributed by atoms with Crippen LogP contribution in [0.15, 0.2) is 0 Å². The van der Waals surface area contributed by atoms with Crippen molar-refractivity contribution in [3.8, 4) is 0 Å². The molecule has 0 bridgehead atoms. The molecule has 0 aromatic carbocycles. The first-order valence-corrected chi connectivity index (χ1v) is 10.0. The van der Waals surface area contributed by atoms with Gasteiger partial charge in [0.2, 0.25) is 0 Å². The molecule has 118 valence electrons. The van der Waals surface area contributed by atoms with Gasteiger partial charge in [0.05, 0.1) is 0 Å². The van der Waals surface area contributed by atoms with Crippen molar-refractivity contribution in [2.75, 3.05) is 19.8 Å². The Bertz CT molecular complexity index is 266. The zero-order chi connectivity index (χ0) is 14.8. The van der Waals surface area contributed by atoms with Crippen LogP contribution in [0, 0.1) is 5.92 Å². The van der Waals surface area contributed by atoms with Crippen LogP contribution in [0.2, 0.25) is 6.04 Å². The lowest BCUT2D eigenvalue weighted by Gasteiger charge is -2.29. The van der Waals surface area contributed by atoms with Crippen molar-refractivity contribution in [1.29, 1.82) is 0 Å². The van der Waals surface area contributed by atoms with Crippen LogP contribution in [0.3, 0.4) is 0 Å². The Morgan fingerprint density at radius 3 is 2.20 bits per heavy atom. The second-order valence-corrected chi connectivity index (χ2v) is 8.11. The lowest BCUT2D eigenvalue weighted by molar-refractivity contribution is -0.121. The van der Waals surface area contributed by atoms with Gasteiger partial charge in [-0.05, 0) is 46.0 Å². The summed E-state index contributed by atoms with van der Waals surface area (Å²) in [6.07, 6.45) is 5.93. The molecular formula is C15H30O4Si. The standard InChI is InChI=1S/C15H30O4Si/c1-4-17-20(18-5-2,19-6-3)12-8-10-14-9-7-11-15(16)13-14/h14H,4-13H2,1-3H3. The van der Waals surface area contributed by atoms with Crippen LogP contribution in [0.1, 0.15) is 59.3 Å². The van der Waals surface area contributed by atoms with E-state index in [2.05, 4.69) is 0 Å². The average Bonchev–Trinajstić information content (AvgIpc) is 2.40. The summed E-state index contributed by atoms with van der Waals surface area (Å²) in [7, 11) is -2.48. The lowest BCUT2D eigenvalue weighted by atomic mass is 9.85. The Morgan fingerprint density at radius 1 is 1.10 bits per heavy atom. The van der Waals surface area contributed by atoms with Gasteiger partial charge in [-0.2, -0.15) is 0 Å². The molecule has 0 saturated heterocycles. The van der Waals surface area contributed by atoms with Crippen LogP contribution >= 0.6 is 0 Å². The van der Waals surface area contributed by atoms with Gasteiger partial charge < -0.3 is 13.3 Å². The van der Waals surface area contributed by atoms with E-state index in [-0.39, 0.29) is 0 Å². The van der Waals surface area contributed by atoms with Crippen LogP contribution in [0.5, 0.6) is 0 Å². The largest absolute Gasteiger partial charge is 0.500 e. The summed E-state index contributed by atoms with van der Waals surface area (Å²) < 4.78 is 17.5. The SMILES string of the molecule is CCO[Si](CCCC1CCCC(=O)C1)(OCC)OCC. The molecule has 1 aliphatic carbocycles. The number of carbonyl (C=O) groups excluding carboxylic acids is 1. The van der Waals surface area contributed by atoms with Crippen molar-refractivity contribution >= 4 is 14.6 Å². The first-order valence-electron chi connectivity index (χ1n) is 8.09. The average molecular weight is 302 g/mol. The van der Waals surface area contributed by atoms with E-state index in [1.54, 1.807) is 0 Å². The van der Waals surface area contributed by atoms with Gasteiger partial charge in [-0.1, -0.05) is 6.42 Å². The van der Waals surface area contributed by atoms with Gasteiger partial charge >= 0.3 is 8.80 Å². The fourth-order valence-electron chi connectivity index (χ4n) is 2.97. The van der Waals surface area contributed by atoms with Crippen LogP contribution in [0.25, 0.3) is 0 Å². The van der Waals surface area contributed by atoms with E-state index in [4.69, 9.17) is 13.3 Å². The number of hydrogen-bond donors (Lipinski definition) is 0. The molecule has 4 nitrogen and oxygen atoms in total. The molecule has 0 radical (unpaired) electrons. The van der Waals surface area contributed by atoms with Gasteiger partial charge in [-0.3, -0.25) is 4.79 Å². The highest BCUT2D eigenvalue weighted by Gasteiger charge is 2.39. The molecule has 0 heterocycles. The fourth-order valence-corrected chi connectivity index (χ4v) is 5.61. The molecule has 0 aliphatic heterocycles. The predicted molar refractivity (Wildman–Crippen MR) is 81.6 cm³/mol. The smallest absolute Gasteiger partial charge is 0.374 e. The predicted octanol–water partition coefficient (Wildman–Crippen LogP) is 3.57. The topological polar surface area (TPSA) is 44.8 Å². The third-order valence-corrected chi connectivity index (χ3v) is 6.92. The zero-order valence-electron chi connectivity index (χ0n) is 13.3. The highest BCUT2D eigenvalue weighted by molar-refractivity contribution is 6.60. The summed E-state index contributed by atoms with van der Waals surface area (Å²) in [5.74, 6) is 0.997. The molecule has 1 unspecified atom stereocenters. The van der Waals surface area contributed by atoms with Crippen molar-refractivity contribution in [1.82, 2.24) is 0 Å². The summed E-state index contributed by atoms with van der Waals surface area (Å²) in [4.78, 5) is 11.5. The molecule has 20 heavy (non-hydrogen) atoms. The lowest BCUT2D eigenvalue weighted by Crippen LogP contribution is -2.46. The van der Waals surface area contributed by atoms with E-state index in [9.17, 15) is 4.79 Å². The van der Waals surface area contributed by atoms with Crippen LogP contribution in [-0.2, 0) is 18.1 Å². The summed E-state index contributed by atoms with van der Waals surface area (Å²) >= 11 is 0. The zero-order valence-corrected chi connectivity index (χ0v) is 14.3. The molecule has 0 aromatic heterocycles. The van der Waals surface area contributed by atoms with Gasteiger partial charge in [-0.25, -0.2) is 0 Å². The number of rotatable bonds is 10. The molecule has 1 aliphatic rings. The number of carbonyl (C=O) groups is 1. The van der Waals surface area contributed by atoms with Crippen molar-refractivity contribution < 1.29 is 18.1 Å². The van der Waals surface area contributed by atoms with E-state index in [1.165, 1.54) is 6.42 Å². The number of Topliss-reactive ketones (excluding diaryl/α,β-unsaturated/α-hetero) is 1. The maximum absolute atomic E-state index is 11.5. The third kappa shape index (κ3) is 6.04. The van der Waals surface area contributed by atoms with Crippen molar-refractivity contribution in [3.05, 3.63) is 0 Å². The minimum absolute atomic E-state index is 0.434. The van der Waals surface area contributed by atoms with Crippen molar-refractivity contribution in [3.63, 3.8) is 0 Å². The summed E-state index contributed by atoms with van der Waals surface area (Å²) in [5.41, 5.74) is 0. The van der Waals surface area contributed by atoms with Gasteiger partial charge in [0.1, 0.15) is 5.78 Å². The molecule has 1 rings (SSSR count). The first kappa shape index (κ1) is 17.8. The molecule has 0 spiro atoms. The molecule has 0 amide bonds. The third-order valence-electron chi connectivity index (χ3n) is 3.77. The quantitative estimate of drug-likeness (QED) is 0.579. The monoisotopic (exact) mass is 302 g/mol. The van der Waals surface area contributed by atoms with Crippen molar-refractivity contribution in [2.24, 2.45) is 5.92 Å². The molecule has 1 fully saturated rings. The summed E-state index contributed by atoms with van der Waals surface area (Å²) in [5, 5.41) is 0. The minimum Gasteiger partial charge on any atom is -0.374 e. The van der Waals surface area contributed by atoms with Crippen molar-refractivity contribution in [2.45, 2.75) is 65.3 Å². The first-order chi connectivity index (χ1) is 9.65. The molecule has 1 atom stereocenters. The van der Waals surface area contributed by atoms with E-state index in [0.29, 0.717) is 31.5 Å². The molecule has 0 aromatic rings. The number of hydrogen-bond acceptors (Lipinski definition) is 4. The van der Waals surface area contributed by atoms with Gasteiger partial charge in [0.25, 0.3) is 0 Å². The normalized spacial score (nSPS) is 20.4. The van der Waals surface area contributed by atoms with Crippen LogP contribution in [-0.4, -0.2) is 34.4 Å². The van der Waals surface area contributed by atoms with E-state index < -0.39 is 8.80 Å². The van der Waals surface area contributed by atoms with Gasteiger partial charge in [0.15, 0.2) is 0 Å². The second kappa shape index (κ2) is 9.66. The van der Waals surface area contributed by atoms with Gasteiger partial charge in [-0.15, -0.1) is 0 Å². The molecule has 1 saturated carbocycles. The molecular weight excluding hydrogens is 272 g/mol. The Kier molecular flexibility index (Phi) is 8.60. The minimum atomic E-state index is -2.48. The second-order valence-electron chi connectivity index (χ2n) is 5.38. The van der Waals surface area contributed by atoms with E-state index in [0.717, 1.165) is 38.1 Å². The summed E-state index contributed by atoms with van der Waals surface area (Å²) in [6, 6.07) is 0.868. The molecule has 0 N–H and O–H groups in total. The highest BCUT2D eigenvalue weighted by atomic mass is 28.4. The Hall–Kier alpha value is -0.233. The Balaban J connectivity index is 2.41. The summed E-state index contributed by atoms with van der Waals surface area (Å²) in [6.45, 7) is 7.86. The Morgan fingerprint density at radius 2 is 1.70 bits per heavy atom. The maximum atomic E-state index is 11.5. The van der Waals surface area contributed by atoms with Crippen LogP contribution < -0.4 is 0 Å². The maximum Gasteiger partial charge on any atom is 0.500 e. The Labute approximate surface area is 124 Å². The number of ketones is 1. The van der Waals surface area contributed by atoms with Crippen LogP contribution in [0.4, 0.5) is 0 Å². The van der Waals surface area contributed by atoms with Gasteiger partial charge in [0, 0.05) is 38.7 Å². The van der Waals surface area contributed by atoms with E-state index >= 15 is 0 Å². The fraction of sp³-hybridized carbons (Fsp3) is 0.933. The van der Waals surface area contributed by atoms with E-state index in [1.807, 2.05) is 20.8 Å². The highest BCUT2D eigenvalue weighted by Crippen LogP contribution is 2.28.